The summed E-state index contributed by atoms with van der Waals surface area (Å²) in [6, 6.07) is 34.4. The summed E-state index contributed by atoms with van der Waals surface area (Å²) >= 11 is 0. The van der Waals surface area contributed by atoms with Crippen molar-refractivity contribution in [1.29, 1.82) is 0 Å². The van der Waals surface area contributed by atoms with E-state index in [1.165, 1.54) is 72.4 Å². The second-order valence-corrected chi connectivity index (χ2v) is 11.7. The molecule has 0 N–H and O–H groups in total. The summed E-state index contributed by atoms with van der Waals surface area (Å²) in [4.78, 5) is 0. The van der Waals surface area contributed by atoms with Crippen LogP contribution in [-0.4, -0.2) is 4.57 Å². The minimum Gasteiger partial charge on any atom is -0.313 e. The molecule has 4 aromatic carbocycles. The quantitative estimate of drug-likeness (QED) is 0.217. The molecule has 0 fully saturated rings. The van der Waals surface area contributed by atoms with E-state index in [4.69, 9.17) is 0 Å². The molecule has 1 spiro atoms. The Balaban J connectivity index is 1.46. The van der Waals surface area contributed by atoms with Crippen LogP contribution in [0.4, 0.5) is 0 Å². The fourth-order valence-electron chi connectivity index (χ4n) is 8.12. The summed E-state index contributed by atoms with van der Waals surface area (Å²) in [6.45, 7) is 2.33. The Morgan fingerprint density at radius 1 is 0.744 bits per heavy atom. The zero-order valence-electron chi connectivity index (χ0n) is 22.1. The number of para-hydroxylation sites is 1. The van der Waals surface area contributed by atoms with E-state index in [0.29, 0.717) is 5.92 Å². The average Bonchev–Trinajstić information content (AvgIpc) is 3.57. The normalized spacial score (nSPS) is 21.7. The van der Waals surface area contributed by atoms with Gasteiger partial charge in [-0.25, -0.2) is 0 Å². The fraction of sp³-hybridized carbons (Fsp3) is 0.158. The van der Waals surface area contributed by atoms with Crippen LogP contribution in [-0.2, 0) is 11.8 Å². The van der Waals surface area contributed by atoms with E-state index < -0.39 is 0 Å². The molecule has 0 bridgehead atoms. The SMILES string of the molecule is CC1C=Cc2c(n(-c3ccccc3)c3cc4c(cc23)-c2ccccc2C42C3=C(CCC=C3)c3ccccc32)C1. The second kappa shape index (κ2) is 7.61. The lowest BCUT2D eigenvalue weighted by atomic mass is 9.69. The highest BCUT2D eigenvalue weighted by Crippen LogP contribution is 2.63. The Morgan fingerprint density at radius 2 is 1.49 bits per heavy atom. The minimum atomic E-state index is -0.265. The molecule has 9 rings (SSSR count). The van der Waals surface area contributed by atoms with Gasteiger partial charge in [0.15, 0.2) is 0 Å². The smallest absolute Gasteiger partial charge is 0.0722 e. The molecule has 2 unspecified atom stereocenters. The van der Waals surface area contributed by atoms with Gasteiger partial charge >= 0.3 is 0 Å². The van der Waals surface area contributed by atoms with E-state index in [2.05, 4.69) is 127 Å². The van der Waals surface area contributed by atoms with Crippen molar-refractivity contribution < 1.29 is 0 Å². The number of fused-ring (bicyclic) bond motifs is 12. The molecule has 1 heteroatoms. The van der Waals surface area contributed by atoms with Gasteiger partial charge in [0.1, 0.15) is 0 Å². The third kappa shape index (κ3) is 2.61. The Labute approximate surface area is 229 Å². The molecule has 4 aliphatic rings. The number of hydrogen-bond acceptors (Lipinski definition) is 0. The first-order valence-electron chi connectivity index (χ1n) is 14.3. The van der Waals surface area contributed by atoms with Crippen LogP contribution in [0, 0.1) is 5.92 Å². The molecule has 1 nitrogen and oxygen atoms in total. The highest BCUT2D eigenvalue weighted by molar-refractivity contribution is 6.03. The molecule has 39 heavy (non-hydrogen) atoms. The molecule has 1 heterocycles. The Bertz CT molecular complexity index is 1940. The van der Waals surface area contributed by atoms with Gasteiger partial charge < -0.3 is 4.57 Å². The third-order valence-corrected chi connectivity index (χ3v) is 9.62. The highest BCUT2D eigenvalue weighted by Gasteiger charge is 2.52. The molecule has 0 saturated heterocycles. The van der Waals surface area contributed by atoms with Crippen LogP contribution in [0.2, 0.25) is 0 Å². The highest BCUT2D eigenvalue weighted by atomic mass is 15.0. The van der Waals surface area contributed by atoms with Gasteiger partial charge in [0.2, 0.25) is 0 Å². The summed E-state index contributed by atoms with van der Waals surface area (Å²) in [5, 5.41) is 1.36. The van der Waals surface area contributed by atoms with Crippen molar-refractivity contribution >= 4 is 22.6 Å². The number of nitrogens with zero attached hydrogens (tertiary/aromatic N) is 1. The van der Waals surface area contributed by atoms with E-state index >= 15 is 0 Å². The lowest BCUT2D eigenvalue weighted by Gasteiger charge is -2.32. The van der Waals surface area contributed by atoms with Crippen LogP contribution in [0.1, 0.15) is 53.3 Å². The van der Waals surface area contributed by atoms with Crippen LogP contribution in [0.25, 0.3) is 39.4 Å². The molecule has 5 aromatic rings. The van der Waals surface area contributed by atoms with Gasteiger partial charge in [0.05, 0.1) is 10.9 Å². The minimum absolute atomic E-state index is 0.265. The first-order chi connectivity index (χ1) is 19.3. The predicted octanol–water partition coefficient (Wildman–Crippen LogP) is 9.27. The fourth-order valence-corrected chi connectivity index (χ4v) is 8.12. The maximum absolute atomic E-state index is 2.56. The van der Waals surface area contributed by atoms with Crippen LogP contribution in [0.3, 0.4) is 0 Å². The number of hydrogen-bond donors (Lipinski definition) is 0. The van der Waals surface area contributed by atoms with E-state index in [9.17, 15) is 0 Å². The molecule has 2 atom stereocenters. The molecule has 0 radical (unpaired) electrons. The van der Waals surface area contributed by atoms with Gasteiger partial charge in [-0.1, -0.05) is 98.0 Å². The lowest BCUT2D eigenvalue weighted by molar-refractivity contribution is 0.690. The van der Waals surface area contributed by atoms with Gasteiger partial charge in [-0.2, -0.15) is 0 Å². The molecule has 0 aliphatic heterocycles. The molecule has 1 aromatic heterocycles. The second-order valence-electron chi connectivity index (χ2n) is 11.7. The zero-order valence-corrected chi connectivity index (χ0v) is 22.1. The van der Waals surface area contributed by atoms with Gasteiger partial charge in [-0.05, 0) is 94.0 Å². The first kappa shape index (κ1) is 21.6. The largest absolute Gasteiger partial charge is 0.313 e. The molecule has 0 saturated carbocycles. The maximum Gasteiger partial charge on any atom is 0.0722 e. The Kier molecular flexibility index (Phi) is 4.21. The zero-order chi connectivity index (χ0) is 25.7. The molecule has 4 aliphatic carbocycles. The summed E-state index contributed by atoms with van der Waals surface area (Å²) in [6.07, 6.45) is 12.9. The van der Waals surface area contributed by atoms with E-state index in [1.54, 1.807) is 0 Å². The van der Waals surface area contributed by atoms with Crippen molar-refractivity contribution in [2.75, 3.05) is 0 Å². The van der Waals surface area contributed by atoms with Gasteiger partial charge in [0, 0.05) is 22.3 Å². The van der Waals surface area contributed by atoms with Crippen molar-refractivity contribution in [1.82, 2.24) is 4.57 Å². The Hall–Kier alpha value is -4.36. The topological polar surface area (TPSA) is 4.93 Å². The number of rotatable bonds is 1. The number of aromatic nitrogens is 1. The summed E-state index contributed by atoms with van der Waals surface area (Å²) < 4.78 is 2.55. The lowest BCUT2D eigenvalue weighted by Crippen LogP contribution is -2.27. The number of benzene rings is 4. The predicted molar refractivity (Wildman–Crippen MR) is 162 cm³/mol. The standard InChI is InChI=1S/C38H29N/c1-24-19-20-29-31-22-30-28-15-7-10-18-34(28)38(32-16-8-5-13-26(32)27-14-6-9-17-33(27)38)35(30)23-37(31)39(36(29)21-24)25-11-3-2-4-12-25/h2-5,7-13,15-20,22-24H,6,14,21H2,1H3. The van der Waals surface area contributed by atoms with Gasteiger partial charge in [0.25, 0.3) is 0 Å². The third-order valence-electron chi connectivity index (χ3n) is 9.62. The van der Waals surface area contributed by atoms with Crippen LogP contribution < -0.4 is 0 Å². The average molecular weight is 500 g/mol. The van der Waals surface area contributed by atoms with Crippen molar-refractivity contribution in [3.8, 4) is 16.8 Å². The molecular weight excluding hydrogens is 470 g/mol. The monoisotopic (exact) mass is 499 g/mol. The summed E-state index contributed by atoms with van der Waals surface area (Å²) in [7, 11) is 0. The number of allylic oxidation sites excluding steroid dienone is 5. The van der Waals surface area contributed by atoms with Gasteiger partial charge in [-0.15, -0.1) is 0 Å². The van der Waals surface area contributed by atoms with Crippen molar-refractivity contribution in [2.45, 2.75) is 31.6 Å². The van der Waals surface area contributed by atoms with Crippen LogP contribution in [0.15, 0.2) is 115 Å². The van der Waals surface area contributed by atoms with Crippen molar-refractivity contribution in [2.24, 2.45) is 5.92 Å². The molecular formula is C38H29N. The molecule has 186 valence electrons. The van der Waals surface area contributed by atoms with Crippen LogP contribution >= 0.6 is 0 Å². The van der Waals surface area contributed by atoms with Crippen LogP contribution in [0.5, 0.6) is 0 Å². The maximum atomic E-state index is 2.56. The Morgan fingerprint density at radius 3 is 2.33 bits per heavy atom. The van der Waals surface area contributed by atoms with Crippen molar-refractivity contribution in [3.05, 3.63) is 148 Å². The first-order valence-corrected chi connectivity index (χ1v) is 14.3. The molecule has 0 amide bonds. The summed E-state index contributed by atoms with van der Waals surface area (Å²) in [5.41, 5.74) is 16.7. The van der Waals surface area contributed by atoms with E-state index in [0.717, 1.165) is 19.3 Å². The van der Waals surface area contributed by atoms with E-state index in [-0.39, 0.29) is 5.41 Å². The summed E-state index contributed by atoms with van der Waals surface area (Å²) in [5.74, 6) is 0.532. The van der Waals surface area contributed by atoms with E-state index in [1.807, 2.05) is 0 Å². The van der Waals surface area contributed by atoms with Gasteiger partial charge in [-0.3, -0.25) is 0 Å². The van der Waals surface area contributed by atoms with Crippen molar-refractivity contribution in [3.63, 3.8) is 0 Å².